The van der Waals surface area contributed by atoms with Crippen LogP contribution < -0.4 is 5.32 Å². The smallest absolute Gasteiger partial charge is 0.00914 e. The van der Waals surface area contributed by atoms with Crippen LogP contribution in [0.25, 0.3) is 0 Å². The van der Waals surface area contributed by atoms with E-state index >= 15 is 0 Å². The predicted octanol–water partition coefficient (Wildman–Crippen LogP) is 2.48. The van der Waals surface area contributed by atoms with E-state index in [-0.39, 0.29) is 0 Å². The number of piperidine rings is 1. The molecule has 1 aromatic rings. The van der Waals surface area contributed by atoms with E-state index in [0.717, 1.165) is 12.0 Å². The highest BCUT2D eigenvalue weighted by molar-refractivity contribution is 5.31. The Bertz CT molecular complexity index is 382. The van der Waals surface area contributed by atoms with E-state index in [0.29, 0.717) is 0 Å². The standard InChI is InChI=1S/C17H26N2/c1-19-10-7-17(8-11-19)18-9-6-14-12-15-4-2-3-5-16(15)13-14/h2-5,14,17-18H,6-13H2,1H3. The molecule has 0 spiro atoms. The first kappa shape index (κ1) is 13.1. The second kappa shape index (κ2) is 6.06. The second-order valence-corrected chi connectivity index (χ2v) is 6.36. The summed E-state index contributed by atoms with van der Waals surface area (Å²) in [5.74, 6) is 0.871. The highest BCUT2D eigenvalue weighted by atomic mass is 15.1. The van der Waals surface area contributed by atoms with Crippen LogP contribution in [0.1, 0.15) is 30.4 Å². The molecule has 0 saturated carbocycles. The monoisotopic (exact) mass is 258 g/mol. The molecule has 2 nitrogen and oxygen atoms in total. The van der Waals surface area contributed by atoms with Crippen molar-refractivity contribution in [2.24, 2.45) is 5.92 Å². The van der Waals surface area contributed by atoms with Crippen molar-refractivity contribution in [3.05, 3.63) is 35.4 Å². The number of hydrogen-bond acceptors (Lipinski definition) is 2. The third kappa shape index (κ3) is 3.37. The molecule has 1 N–H and O–H groups in total. The quantitative estimate of drug-likeness (QED) is 0.892. The summed E-state index contributed by atoms with van der Waals surface area (Å²) < 4.78 is 0. The normalized spacial score (nSPS) is 21.7. The van der Waals surface area contributed by atoms with Gasteiger partial charge in [-0.25, -0.2) is 0 Å². The van der Waals surface area contributed by atoms with E-state index in [1.54, 1.807) is 11.1 Å². The SMILES string of the molecule is CN1CCC(NCCC2Cc3ccccc3C2)CC1. The van der Waals surface area contributed by atoms with E-state index < -0.39 is 0 Å². The third-order valence-electron chi connectivity index (χ3n) is 4.84. The molecule has 2 aliphatic rings. The fraction of sp³-hybridized carbons (Fsp3) is 0.647. The Morgan fingerprint density at radius 2 is 1.74 bits per heavy atom. The van der Waals surface area contributed by atoms with Gasteiger partial charge >= 0.3 is 0 Å². The summed E-state index contributed by atoms with van der Waals surface area (Å²) in [6.45, 7) is 3.71. The summed E-state index contributed by atoms with van der Waals surface area (Å²) in [5, 5.41) is 3.77. The Kier molecular flexibility index (Phi) is 4.19. The zero-order valence-corrected chi connectivity index (χ0v) is 12.1. The first-order valence-corrected chi connectivity index (χ1v) is 7.80. The van der Waals surface area contributed by atoms with Gasteiger partial charge in [-0.1, -0.05) is 24.3 Å². The summed E-state index contributed by atoms with van der Waals surface area (Å²) >= 11 is 0. The zero-order valence-electron chi connectivity index (χ0n) is 12.1. The molecule has 1 fully saturated rings. The van der Waals surface area contributed by atoms with Gasteiger partial charge in [0, 0.05) is 6.04 Å². The van der Waals surface area contributed by atoms with Crippen LogP contribution >= 0.6 is 0 Å². The van der Waals surface area contributed by atoms with E-state index in [2.05, 4.69) is 41.5 Å². The zero-order chi connectivity index (χ0) is 13.1. The molecule has 1 saturated heterocycles. The number of hydrogen-bond donors (Lipinski definition) is 1. The third-order valence-corrected chi connectivity index (χ3v) is 4.84. The van der Waals surface area contributed by atoms with E-state index in [9.17, 15) is 0 Å². The first-order chi connectivity index (χ1) is 9.31. The summed E-state index contributed by atoms with van der Waals surface area (Å²) in [6.07, 6.45) is 6.57. The number of rotatable bonds is 4. The van der Waals surface area contributed by atoms with Crippen LogP contribution in [0.4, 0.5) is 0 Å². The van der Waals surface area contributed by atoms with Crippen molar-refractivity contribution in [1.29, 1.82) is 0 Å². The number of fused-ring (bicyclic) bond motifs is 1. The van der Waals surface area contributed by atoms with Gasteiger partial charge in [-0.2, -0.15) is 0 Å². The Morgan fingerprint density at radius 1 is 1.11 bits per heavy atom. The maximum Gasteiger partial charge on any atom is 0.00914 e. The molecule has 0 unspecified atom stereocenters. The van der Waals surface area contributed by atoms with Gasteiger partial charge in [0.15, 0.2) is 0 Å². The molecule has 0 radical (unpaired) electrons. The van der Waals surface area contributed by atoms with Crippen LogP contribution in [0.15, 0.2) is 24.3 Å². The minimum absolute atomic E-state index is 0.764. The molecule has 19 heavy (non-hydrogen) atoms. The Balaban J connectivity index is 1.38. The molecule has 3 rings (SSSR count). The lowest BCUT2D eigenvalue weighted by atomic mass is 10.0. The summed E-state index contributed by atoms with van der Waals surface area (Å²) in [5.41, 5.74) is 3.18. The molecule has 0 bridgehead atoms. The minimum Gasteiger partial charge on any atom is -0.314 e. The molecule has 1 aromatic carbocycles. The lowest BCUT2D eigenvalue weighted by Gasteiger charge is -2.29. The molecule has 0 aromatic heterocycles. The average molecular weight is 258 g/mol. The van der Waals surface area contributed by atoms with Gasteiger partial charge in [0.05, 0.1) is 0 Å². The predicted molar refractivity (Wildman–Crippen MR) is 80.5 cm³/mol. The lowest BCUT2D eigenvalue weighted by Crippen LogP contribution is -2.41. The lowest BCUT2D eigenvalue weighted by molar-refractivity contribution is 0.233. The van der Waals surface area contributed by atoms with Crippen molar-refractivity contribution in [2.45, 2.75) is 38.1 Å². The highest BCUT2D eigenvalue weighted by Gasteiger charge is 2.21. The van der Waals surface area contributed by atoms with Crippen LogP contribution in [0.3, 0.4) is 0 Å². The van der Waals surface area contributed by atoms with Gasteiger partial charge < -0.3 is 10.2 Å². The summed E-state index contributed by atoms with van der Waals surface area (Å²) in [6, 6.07) is 9.73. The Morgan fingerprint density at radius 3 is 2.37 bits per heavy atom. The maximum atomic E-state index is 3.77. The largest absolute Gasteiger partial charge is 0.314 e. The molecule has 104 valence electrons. The number of nitrogens with one attached hydrogen (secondary N) is 1. The van der Waals surface area contributed by atoms with Crippen molar-refractivity contribution in [1.82, 2.24) is 10.2 Å². The fourth-order valence-corrected chi connectivity index (χ4v) is 3.56. The molecular weight excluding hydrogens is 232 g/mol. The minimum atomic E-state index is 0.764. The summed E-state index contributed by atoms with van der Waals surface area (Å²) in [4.78, 5) is 2.44. The van der Waals surface area contributed by atoms with E-state index in [1.165, 1.54) is 51.7 Å². The fourth-order valence-electron chi connectivity index (χ4n) is 3.56. The van der Waals surface area contributed by atoms with Crippen molar-refractivity contribution >= 4 is 0 Å². The molecule has 1 aliphatic carbocycles. The number of likely N-dealkylation sites (tertiary alicyclic amines) is 1. The van der Waals surface area contributed by atoms with Gasteiger partial charge in [0.1, 0.15) is 0 Å². The van der Waals surface area contributed by atoms with E-state index in [4.69, 9.17) is 0 Å². The van der Waals surface area contributed by atoms with Gasteiger partial charge in [-0.3, -0.25) is 0 Å². The van der Waals surface area contributed by atoms with Crippen molar-refractivity contribution in [3.63, 3.8) is 0 Å². The van der Waals surface area contributed by atoms with Crippen LogP contribution in [-0.2, 0) is 12.8 Å². The first-order valence-electron chi connectivity index (χ1n) is 7.80. The second-order valence-electron chi connectivity index (χ2n) is 6.36. The maximum absolute atomic E-state index is 3.77. The van der Waals surface area contributed by atoms with Crippen LogP contribution in [-0.4, -0.2) is 37.6 Å². The highest BCUT2D eigenvalue weighted by Crippen LogP contribution is 2.28. The molecule has 1 heterocycles. The van der Waals surface area contributed by atoms with Crippen molar-refractivity contribution in [2.75, 3.05) is 26.7 Å². The Hall–Kier alpha value is -0.860. The summed E-state index contributed by atoms with van der Waals surface area (Å²) in [7, 11) is 2.23. The topological polar surface area (TPSA) is 15.3 Å². The molecule has 2 heteroatoms. The van der Waals surface area contributed by atoms with Crippen molar-refractivity contribution < 1.29 is 0 Å². The molecule has 0 amide bonds. The molecular formula is C17H26N2. The number of benzene rings is 1. The van der Waals surface area contributed by atoms with Crippen molar-refractivity contribution in [3.8, 4) is 0 Å². The molecule has 1 aliphatic heterocycles. The van der Waals surface area contributed by atoms with E-state index in [1.807, 2.05) is 0 Å². The van der Waals surface area contributed by atoms with Gasteiger partial charge in [-0.05, 0) is 75.8 Å². The van der Waals surface area contributed by atoms with Crippen LogP contribution in [0.2, 0.25) is 0 Å². The van der Waals surface area contributed by atoms with Gasteiger partial charge in [-0.15, -0.1) is 0 Å². The van der Waals surface area contributed by atoms with Gasteiger partial charge in [0.25, 0.3) is 0 Å². The average Bonchev–Trinajstić information content (AvgIpc) is 2.83. The van der Waals surface area contributed by atoms with Crippen LogP contribution in [0.5, 0.6) is 0 Å². The Labute approximate surface area is 117 Å². The molecule has 0 atom stereocenters. The number of nitrogens with zero attached hydrogens (tertiary/aromatic N) is 1. The van der Waals surface area contributed by atoms with Gasteiger partial charge in [0.2, 0.25) is 0 Å². The van der Waals surface area contributed by atoms with Crippen LogP contribution in [0, 0.1) is 5.92 Å².